The molecule has 2 aliphatic rings. The van der Waals surface area contributed by atoms with E-state index in [0.29, 0.717) is 44.7 Å². The van der Waals surface area contributed by atoms with Gasteiger partial charge in [-0.05, 0) is 67.9 Å². The van der Waals surface area contributed by atoms with Gasteiger partial charge in [0.05, 0.1) is 55.4 Å². The lowest BCUT2D eigenvalue weighted by Crippen LogP contribution is -2.51. The van der Waals surface area contributed by atoms with Gasteiger partial charge in [0.2, 0.25) is 17.7 Å². The molecule has 2 fully saturated rings. The molecule has 0 bridgehead atoms. The second-order valence-electron chi connectivity index (χ2n) is 20.0. The van der Waals surface area contributed by atoms with Crippen LogP contribution >= 0.6 is 12.2 Å². The molecule has 3 rings (SSSR count). The monoisotopic (exact) mass is 1130 g/mol. The highest BCUT2D eigenvalue weighted by molar-refractivity contribution is 7.80. The van der Waals surface area contributed by atoms with E-state index in [1.807, 2.05) is 17.0 Å². The minimum Gasteiger partial charge on any atom is -0.549 e. The van der Waals surface area contributed by atoms with Gasteiger partial charge in [-0.1, -0.05) is 26.0 Å². The zero-order chi connectivity index (χ0) is 58.8. The summed E-state index contributed by atoms with van der Waals surface area (Å²) in [5.41, 5.74) is 12.0. The number of hydrogen-bond donors (Lipinski definition) is 9. The van der Waals surface area contributed by atoms with Crippen molar-refractivity contribution in [2.24, 2.45) is 34.2 Å². The number of amides is 3. The second kappa shape index (κ2) is 34.2. The Labute approximate surface area is 463 Å². The molecule has 11 N–H and O–H groups in total. The van der Waals surface area contributed by atoms with E-state index in [1.165, 1.54) is 0 Å². The molecule has 2 aliphatic heterocycles. The van der Waals surface area contributed by atoms with Crippen molar-refractivity contribution in [3.8, 4) is 0 Å². The van der Waals surface area contributed by atoms with Gasteiger partial charge in [-0.15, -0.1) is 0 Å². The van der Waals surface area contributed by atoms with E-state index in [0.717, 1.165) is 5.56 Å². The molecule has 0 aliphatic carbocycles. The van der Waals surface area contributed by atoms with Crippen LogP contribution in [0.2, 0.25) is 0 Å². The molecule has 1 aromatic rings. The topological polar surface area (TPSA) is 429 Å². The number of carbonyl (C=O) groups is 10. The van der Waals surface area contributed by atoms with Crippen molar-refractivity contribution < 1.29 is 78.6 Å². The number of carbonyl (C=O) groups excluding carboxylic acids is 8. The molecule has 3 amide bonds. The number of carboxylic acids is 5. The van der Waals surface area contributed by atoms with Gasteiger partial charge in [0.1, 0.15) is 12.1 Å². The Morgan fingerprint density at radius 3 is 1.72 bits per heavy atom. The summed E-state index contributed by atoms with van der Waals surface area (Å²) < 4.78 is 0. The molecule has 1 aromatic carbocycles. The number of likely N-dealkylation sites (tertiary alicyclic amines) is 1. The summed E-state index contributed by atoms with van der Waals surface area (Å²) in [6.45, 7) is 3.94. The number of hydrogen-bond acceptors (Lipinski definition) is 20. The number of ketones is 2. The lowest BCUT2D eigenvalue weighted by molar-refractivity contribution is -0.308. The van der Waals surface area contributed by atoms with E-state index in [1.54, 1.807) is 45.6 Å². The molecule has 0 radical (unpaired) electrons. The third-order valence-electron chi connectivity index (χ3n) is 13.2. The lowest BCUT2D eigenvalue weighted by Gasteiger charge is -2.34. The van der Waals surface area contributed by atoms with Crippen LogP contribution < -0.4 is 48.1 Å². The van der Waals surface area contributed by atoms with Crippen LogP contribution in [0.25, 0.3) is 0 Å². The molecular formula is C50H75N12O16S-3. The summed E-state index contributed by atoms with van der Waals surface area (Å²) in [4.78, 5) is 138. The number of anilines is 1. The first-order valence-electron chi connectivity index (χ1n) is 26.0. The highest BCUT2D eigenvalue weighted by atomic mass is 32.1. The minimum absolute atomic E-state index is 0.0297. The van der Waals surface area contributed by atoms with Crippen LogP contribution in [0.15, 0.2) is 29.3 Å². The first-order chi connectivity index (χ1) is 37.3. The highest BCUT2D eigenvalue weighted by Crippen LogP contribution is 2.21. The summed E-state index contributed by atoms with van der Waals surface area (Å²) >= 11 is 5.71. The predicted molar refractivity (Wildman–Crippen MR) is 281 cm³/mol. The number of nitrogens with one attached hydrogen (secondary N) is 4. The number of aliphatic hydroxyl groups excluding tert-OH is 1. The Morgan fingerprint density at radius 2 is 1.24 bits per heavy atom. The predicted octanol–water partition coefficient (Wildman–Crippen LogP) is -6.29. The normalized spacial score (nSPS) is 17.6. The van der Waals surface area contributed by atoms with Crippen LogP contribution in [0.3, 0.4) is 0 Å². The molecule has 29 heteroatoms. The number of nitrogens with zero attached hydrogens (tertiary/aromatic N) is 6. The number of benzene rings is 1. The van der Waals surface area contributed by atoms with Crippen LogP contribution in [-0.2, 0) is 54.5 Å². The maximum Gasteiger partial charge on any atom is 0.326 e. The lowest BCUT2D eigenvalue weighted by atomic mass is 9.91. The van der Waals surface area contributed by atoms with Gasteiger partial charge in [-0.25, -0.2) is 4.79 Å². The van der Waals surface area contributed by atoms with Crippen molar-refractivity contribution >= 4 is 88.1 Å². The molecule has 2 saturated heterocycles. The Hall–Kier alpha value is -6.92. The maximum atomic E-state index is 13.6. The van der Waals surface area contributed by atoms with Crippen LogP contribution in [0, 0.1) is 17.8 Å². The third-order valence-corrected chi connectivity index (χ3v) is 13.5. The maximum absolute atomic E-state index is 13.6. The molecule has 0 spiro atoms. The van der Waals surface area contributed by atoms with Crippen LogP contribution in [0.1, 0.15) is 70.8 Å². The van der Waals surface area contributed by atoms with Gasteiger partial charge in [0.25, 0.3) is 0 Å². The number of carboxylic acid groups (broad SMARTS) is 5. The molecule has 0 aromatic heterocycles. The summed E-state index contributed by atoms with van der Waals surface area (Å²) in [5.74, 6) is -13.8. The number of nitrogens with two attached hydrogens (primary N) is 2. The number of aliphatic imine (C=N–C) groups is 1. The minimum atomic E-state index is -1.47. The molecule has 28 nitrogen and oxygen atoms in total. The SMILES string of the molecule is CC(C)C[C@H](NC(=O)[C@@H](CC(=O)O)CC(=O)CNC(=O)[C@H]1CCCN1C(=S)Nc1ccc(CN2CCN(CC(=O)[O-])CCN(CC(=O)[O-])CCN(CC(=O)[O-])CC2)cc1)C(=O)C[C@H](CO)C(=O)N[C@@H](CCCN=C(N)N)C(=O)O. The number of Topliss-reactive ketones (excluding diaryl/α,β-unsaturated/α-hetero) is 2. The van der Waals surface area contributed by atoms with E-state index >= 15 is 0 Å². The number of thiocarbonyl (C=S) groups is 1. The fourth-order valence-electron chi connectivity index (χ4n) is 9.01. The number of aliphatic hydroxyl groups is 1. The summed E-state index contributed by atoms with van der Waals surface area (Å²) in [6.07, 6.45) is -0.952. The summed E-state index contributed by atoms with van der Waals surface area (Å²) in [6, 6.07) is 3.76. The van der Waals surface area contributed by atoms with E-state index in [-0.39, 0.29) is 95.2 Å². The molecule has 5 atom stereocenters. The van der Waals surface area contributed by atoms with E-state index in [4.69, 9.17) is 23.7 Å². The average Bonchev–Trinajstić information content (AvgIpc) is 3.88. The molecule has 440 valence electrons. The molecular weight excluding hydrogens is 1060 g/mol. The Morgan fingerprint density at radius 1 is 0.722 bits per heavy atom. The Balaban J connectivity index is 1.61. The van der Waals surface area contributed by atoms with Crippen LogP contribution in [-0.4, -0.2) is 226 Å². The van der Waals surface area contributed by atoms with Crippen molar-refractivity contribution in [1.29, 1.82) is 0 Å². The van der Waals surface area contributed by atoms with Crippen molar-refractivity contribution in [2.75, 3.05) is 104 Å². The second-order valence-corrected chi connectivity index (χ2v) is 20.4. The van der Waals surface area contributed by atoms with Gasteiger partial charge in [0, 0.05) is 110 Å². The largest absolute Gasteiger partial charge is 0.549 e. The first kappa shape index (κ1) is 66.4. The molecule has 2 heterocycles. The zero-order valence-corrected chi connectivity index (χ0v) is 45.5. The van der Waals surface area contributed by atoms with Gasteiger partial charge in [-0.2, -0.15) is 0 Å². The third kappa shape index (κ3) is 25.6. The van der Waals surface area contributed by atoms with Gasteiger partial charge in [-0.3, -0.25) is 53.4 Å². The van der Waals surface area contributed by atoms with Gasteiger partial charge >= 0.3 is 11.9 Å². The number of guanidine groups is 1. The summed E-state index contributed by atoms with van der Waals surface area (Å²) in [5, 5.41) is 74.6. The Bertz CT molecular complexity index is 2270. The van der Waals surface area contributed by atoms with Gasteiger partial charge in [0.15, 0.2) is 22.6 Å². The molecule has 79 heavy (non-hydrogen) atoms. The highest BCUT2D eigenvalue weighted by Gasteiger charge is 2.35. The first-order valence-corrected chi connectivity index (χ1v) is 26.4. The Kier molecular flexibility index (Phi) is 28.7. The van der Waals surface area contributed by atoms with E-state index in [2.05, 4.69) is 26.3 Å². The molecule has 0 unspecified atom stereocenters. The molecule has 0 saturated carbocycles. The van der Waals surface area contributed by atoms with Crippen LogP contribution in [0.5, 0.6) is 0 Å². The van der Waals surface area contributed by atoms with E-state index < -0.39 is 128 Å². The van der Waals surface area contributed by atoms with Crippen molar-refractivity contribution in [3.05, 3.63) is 29.8 Å². The van der Waals surface area contributed by atoms with Crippen molar-refractivity contribution in [1.82, 2.24) is 40.4 Å². The van der Waals surface area contributed by atoms with E-state index in [9.17, 15) is 78.6 Å². The van der Waals surface area contributed by atoms with Crippen molar-refractivity contribution in [2.45, 2.75) is 89.9 Å². The average molecular weight is 1130 g/mol. The van der Waals surface area contributed by atoms with Gasteiger partial charge < -0.3 is 82.7 Å². The summed E-state index contributed by atoms with van der Waals surface area (Å²) in [7, 11) is 0. The quantitative estimate of drug-likeness (QED) is 0.0145. The van der Waals surface area contributed by atoms with Crippen LogP contribution in [0.4, 0.5) is 5.69 Å². The van der Waals surface area contributed by atoms with Crippen molar-refractivity contribution in [3.63, 3.8) is 0 Å². The smallest absolute Gasteiger partial charge is 0.326 e. The fraction of sp³-hybridized carbons (Fsp3) is 0.640. The zero-order valence-electron chi connectivity index (χ0n) is 44.6. The standard InChI is InChI=1S/C50H78N12O16S/c1-31(2)21-38(40(65)23-34(30-63)46(75)56-37(48(77)78)5-3-11-53-49(51)52)57-45(74)33(24-41(66)67)22-36(64)25-54-47(76)39-6-4-12-62(39)50(79)55-35-9-7-32(8-10-35)26-58-13-15-59(27-42(68)69)17-19-61(29-44(72)73)20-18-60(16-14-58)28-43(70)71/h7-10,31,33-34,37-39,63H,3-6,11-30H2,1-2H3,(H,54,76)(H,55,79)(H,56,75)(H,57,74)(H,66,67)(H,68,69)(H,70,71)(H,72,73)(H,77,78)(H4,51,52,53)/p-3/t33-,34-,37+,38+,39-/m1/s1. The fourth-order valence-corrected chi connectivity index (χ4v) is 9.35. The number of aliphatic carboxylic acids is 5. The number of rotatable bonds is 31.